The highest BCUT2D eigenvalue weighted by molar-refractivity contribution is 6.02. The molecule has 0 radical (unpaired) electrons. The van der Waals surface area contributed by atoms with Gasteiger partial charge in [0.15, 0.2) is 5.82 Å². The van der Waals surface area contributed by atoms with Gasteiger partial charge in [-0.05, 0) is 68.4 Å². The lowest BCUT2D eigenvalue weighted by Crippen LogP contribution is -2.36. The zero-order valence-electron chi connectivity index (χ0n) is 16.1. The summed E-state index contributed by atoms with van der Waals surface area (Å²) in [5, 5.41) is 11.1. The van der Waals surface area contributed by atoms with Crippen LogP contribution in [-0.2, 0) is 4.79 Å². The molecular weight excluding hydrogens is 390 g/mol. The van der Waals surface area contributed by atoms with Crippen molar-refractivity contribution in [2.75, 3.05) is 25.5 Å². The molecule has 0 unspecified atom stereocenters. The number of nitrogens with two attached hydrogens (primary N) is 1. The van der Waals surface area contributed by atoms with Gasteiger partial charge in [0.25, 0.3) is 0 Å². The summed E-state index contributed by atoms with van der Waals surface area (Å²) < 4.78 is 0. The number of rotatable bonds is 4. The van der Waals surface area contributed by atoms with Gasteiger partial charge in [-0.3, -0.25) is 14.7 Å². The monoisotopic (exact) mass is 413 g/mol. The van der Waals surface area contributed by atoms with E-state index in [4.69, 9.17) is 5.73 Å². The first-order valence-corrected chi connectivity index (χ1v) is 9.39. The van der Waals surface area contributed by atoms with Crippen LogP contribution in [0.15, 0.2) is 42.5 Å². The van der Waals surface area contributed by atoms with Gasteiger partial charge in [-0.1, -0.05) is 18.2 Å². The van der Waals surface area contributed by atoms with Gasteiger partial charge < -0.3 is 16.0 Å². The number of anilines is 1. The average Bonchev–Trinajstić information content (AvgIpc) is 3.10. The van der Waals surface area contributed by atoms with Crippen molar-refractivity contribution in [2.45, 2.75) is 12.8 Å². The first-order valence-electron chi connectivity index (χ1n) is 9.39. The second-order valence-electron chi connectivity index (χ2n) is 7.34. The third kappa shape index (κ3) is 4.41. The number of amides is 2. The van der Waals surface area contributed by atoms with Crippen molar-refractivity contribution in [3.05, 3.63) is 48.0 Å². The Morgan fingerprint density at radius 3 is 2.59 bits per heavy atom. The Labute approximate surface area is 175 Å². The number of hydrogen-bond donors (Lipinski definition) is 3. The van der Waals surface area contributed by atoms with Crippen LogP contribution in [0, 0.1) is 5.92 Å². The molecule has 2 amide bonds. The molecule has 1 aromatic heterocycles. The predicted molar refractivity (Wildman–Crippen MR) is 116 cm³/mol. The number of aromatic nitrogens is 2. The van der Waals surface area contributed by atoms with Gasteiger partial charge in [0.1, 0.15) is 0 Å². The molecule has 1 aliphatic rings. The van der Waals surface area contributed by atoms with Gasteiger partial charge in [-0.25, -0.2) is 0 Å². The minimum absolute atomic E-state index is 0. The van der Waals surface area contributed by atoms with Crippen molar-refractivity contribution >= 4 is 40.9 Å². The number of primary amides is 1. The molecule has 2 heterocycles. The standard InChI is InChI=1S/C21H23N5O2.ClH/c1-26-9-7-13(8-10-26)21(28)23-20-17-12-15(5-6-18(17)24-25-20)14-3-2-4-16(11-14)19(22)27;/h2-6,11-13H,7-10H2,1H3,(H2,22,27)(H2,23,24,25,28);1H. The Bertz CT molecular complexity index is 1040. The topological polar surface area (TPSA) is 104 Å². The van der Waals surface area contributed by atoms with E-state index in [1.165, 1.54) is 0 Å². The van der Waals surface area contributed by atoms with E-state index in [1.807, 2.05) is 24.3 Å². The number of nitrogens with one attached hydrogen (secondary N) is 2. The van der Waals surface area contributed by atoms with Gasteiger partial charge in [-0.2, -0.15) is 5.10 Å². The molecule has 7 nitrogen and oxygen atoms in total. The summed E-state index contributed by atoms with van der Waals surface area (Å²) in [6.45, 7) is 1.86. The maximum atomic E-state index is 12.7. The maximum Gasteiger partial charge on any atom is 0.248 e. The molecule has 1 fully saturated rings. The fraction of sp³-hybridized carbons (Fsp3) is 0.286. The van der Waals surface area contributed by atoms with Crippen LogP contribution in [0.25, 0.3) is 22.0 Å². The Morgan fingerprint density at radius 2 is 1.86 bits per heavy atom. The molecule has 0 aliphatic carbocycles. The van der Waals surface area contributed by atoms with Crippen LogP contribution >= 0.6 is 12.4 Å². The number of halogens is 1. The smallest absolute Gasteiger partial charge is 0.248 e. The number of fused-ring (bicyclic) bond motifs is 1. The minimum atomic E-state index is -0.461. The van der Waals surface area contributed by atoms with Crippen molar-refractivity contribution in [3.8, 4) is 11.1 Å². The first-order chi connectivity index (χ1) is 13.5. The van der Waals surface area contributed by atoms with Crippen LogP contribution in [0.3, 0.4) is 0 Å². The number of likely N-dealkylation sites (tertiary alicyclic amines) is 1. The molecular formula is C21H24ClN5O2. The molecule has 0 bridgehead atoms. The summed E-state index contributed by atoms with van der Waals surface area (Å²) in [6.07, 6.45) is 1.71. The molecule has 1 saturated heterocycles. The lowest BCUT2D eigenvalue weighted by atomic mass is 9.96. The van der Waals surface area contributed by atoms with Gasteiger partial charge in [0, 0.05) is 16.9 Å². The Balaban J connectivity index is 0.00000240. The molecule has 0 atom stereocenters. The molecule has 0 saturated carbocycles. The van der Waals surface area contributed by atoms with Crippen molar-refractivity contribution in [1.29, 1.82) is 0 Å². The summed E-state index contributed by atoms with van der Waals surface area (Å²) in [5.74, 6) is 0.102. The van der Waals surface area contributed by atoms with E-state index >= 15 is 0 Å². The van der Waals surface area contributed by atoms with Crippen molar-refractivity contribution < 1.29 is 9.59 Å². The van der Waals surface area contributed by atoms with Crippen molar-refractivity contribution in [2.24, 2.45) is 11.7 Å². The van der Waals surface area contributed by atoms with Crippen molar-refractivity contribution in [1.82, 2.24) is 15.1 Å². The van der Waals surface area contributed by atoms with Gasteiger partial charge in [-0.15, -0.1) is 12.4 Å². The summed E-state index contributed by atoms with van der Waals surface area (Å²) in [7, 11) is 2.07. The Kier molecular flexibility index (Phi) is 6.20. The lowest BCUT2D eigenvalue weighted by Gasteiger charge is -2.27. The molecule has 4 N–H and O–H groups in total. The first kappa shape index (κ1) is 20.8. The van der Waals surface area contributed by atoms with Gasteiger partial charge >= 0.3 is 0 Å². The van der Waals surface area contributed by atoms with Crippen molar-refractivity contribution in [3.63, 3.8) is 0 Å². The normalized spacial score (nSPS) is 15.1. The lowest BCUT2D eigenvalue weighted by molar-refractivity contribution is -0.121. The average molecular weight is 414 g/mol. The summed E-state index contributed by atoms with van der Waals surface area (Å²) in [5.41, 5.74) is 8.49. The van der Waals surface area contributed by atoms with Crippen LogP contribution in [0.5, 0.6) is 0 Å². The molecule has 0 spiro atoms. The Hall–Kier alpha value is -2.90. The number of piperidine rings is 1. The molecule has 152 valence electrons. The second-order valence-corrected chi connectivity index (χ2v) is 7.34. The third-order valence-electron chi connectivity index (χ3n) is 5.37. The SMILES string of the molecule is CN1CCC(C(=O)Nc2n[nH]c3ccc(-c4cccc(C(N)=O)c4)cc23)CC1.Cl. The molecule has 29 heavy (non-hydrogen) atoms. The number of carbonyl (C=O) groups is 2. The van der Waals surface area contributed by atoms with Crippen LogP contribution in [0.4, 0.5) is 5.82 Å². The minimum Gasteiger partial charge on any atom is -0.366 e. The summed E-state index contributed by atoms with van der Waals surface area (Å²) in [4.78, 5) is 26.4. The molecule has 8 heteroatoms. The van der Waals surface area contributed by atoms with E-state index in [9.17, 15) is 9.59 Å². The van der Waals surface area contributed by atoms with Gasteiger partial charge in [0.05, 0.1) is 5.52 Å². The third-order valence-corrected chi connectivity index (χ3v) is 5.37. The summed E-state index contributed by atoms with van der Waals surface area (Å²) in [6, 6.07) is 13.0. The van der Waals surface area contributed by atoms with E-state index in [0.717, 1.165) is 48.0 Å². The van der Waals surface area contributed by atoms with E-state index in [0.29, 0.717) is 11.4 Å². The molecule has 2 aromatic carbocycles. The second kappa shape index (κ2) is 8.63. The highest BCUT2D eigenvalue weighted by Gasteiger charge is 2.24. The number of benzene rings is 2. The maximum absolute atomic E-state index is 12.7. The van der Waals surface area contributed by atoms with E-state index in [2.05, 4.69) is 27.5 Å². The molecule has 4 rings (SSSR count). The van der Waals surface area contributed by atoms with Crippen LogP contribution in [0.2, 0.25) is 0 Å². The highest BCUT2D eigenvalue weighted by Crippen LogP contribution is 2.29. The van der Waals surface area contributed by atoms with Gasteiger partial charge in [0.2, 0.25) is 11.8 Å². The van der Waals surface area contributed by atoms with E-state index < -0.39 is 5.91 Å². The number of hydrogen-bond acceptors (Lipinski definition) is 4. The predicted octanol–water partition coefficient (Wildman–Crippen LogP) is 3.03. The number of carbonyl (C=O) groups excluding carboxylic acids is 2. The highest BCUT2D eigenvalue weighted by atomic mass is 35.5. The fourth-order valence-electron chi connectivity index (χ4n) is 3.63. The number of H-pyrrole nitrogens is 1. The zero-order chi connectivity index (χ0) is 19.7. The van der Waals surface area contributed by atoms with Crippen LogP contribution < -0.4 is 11.1 Å². The quantitative estimate of drug-likeness (QED) is 0.611. The molecule has 3 aromatic rings. The molecule has 1 aliphatic heterocycles. The van der Waals surface area contributed by atoms with Crippen LogP contribution in [-0.4, -0.2) is 47.0 Å². The van der Waals surface area contributed by atoms with E-state index in [1.54, 1.807) is 18.2 Å². The van der Waals surface area contributed by atoms with E-state index in [-0.39, 0.29) is 24.2 Å². The Morgan fingerprint density at radius 1 is 1.14 bits per heavy atom. The summed E-state index contributed by atoms with van der Waals surface area (Å²) >= 11 is 0. The largest absolute Gasteiger partial charge is 0.366 e. The van der Waals surface area contributed by atoms with Crippen LogP contribution in [0.1, 0.15) is 23.2 Å². The number of nitrogens with zero attached hydrogens (tertiary/aromatic N) is 2. The zero-order valence-corrected chi connectivity index (χ0v) is 17.0. The number of aromatic amines is 1. The fourth-order valence-corrected chi connectivity index (χ4v) is 3.63.